The Labute approximate surface area is 340 Å². The summed E-state index contributed by atoms with van der Waals surface area (Å²) in [4.78, 5) is 5.37. The SMILES string of the molecule is C1=Cc2ccc(-c3ccc4c(c3)c3nc(-c5ccccc5)ccc3n4-c3ccccc3)cc2C2(c3ccccc31)c1ccccc1-c1c2ccc2oc3ccccc3c12. The maximum atomic E-state index is 6.52. The summed E-state index contributed by atoms with van der Waals surface area (Å²) in [5, 5.41) is 3.45. The highest BCUT2D eigenvalue weighted by molar-refractivity contribution is 6.16. The zero-order valence-corrected chi connectivity index (χ0v) is 31.9. The molecule has 0 radical (unpaired) electrons. The van der Waals surface area contributed by atoms with Gasteiger partial charge in [-0.25, -0.2) is 4.98 Å². The van der Waals surface area contributed by atoms with Crippen molar-refractivity contribution in [3.63, 3.8) is 0 Å². The van der Waals surface area contributed by atoms with Gasteiger partial charge in [0.25, 0.3) is 0 Å². The molecule has 1 unspecified atom stereocenters. The maximum Gasteiger partial charge on any atom is 0.136 e. The molecule has 0 saturated heterocycles. The number of pyridine rings is 1. The van der Waals surface area contributed by atoms with Gasteiger partial charge in [-0.1, -0.05) is 152 Å². The molecule has 11 aromatic rings. The van der Waals surface area contributed by atoms with Gasteiger partial charge in [-0.05, 0) is 110 Å². The highest BCUT2D eigenvalue weighted by atomic mass is 16.3. The molecular formula is C56H34N2O. The van der Waals surface area contributed by atoms with Crippen molar-refractivity contribution in [2.45, 2.75) is 5.41 Å². The summed E-state index contributed by atoms with van der Waals surface area (Å²) < 4.78 is 8.86. The molecule has 2 aliphatic carbocycles. The largest absolute Gasteiger partial charge is 0.456 e. The molecule has 3 heterocycles. The number of aromatic nitrogens is 2. The Hall–Kier alpha value is -7.75. The van der Waals surface area contributed by atoms with E-state index >= 15 is 0 Å². The molecule has 0 aliphatic heterocycles. The van der Waals surface area contributed by atoms with Gasteiger partial charge < -0.3 is 8.98 Å². The monoisotopic (exact) mass is 750 g/mol. The number of furan rings is 1. The number of fused-ring (bicyclic) bond motifs is 16. The third kappa shape index (κ3) is 4.44. The molecule has 3 aromatic heterocycles. The van der Waals surface area contributed by atoms with E-state index in [0.717, 1.165) is 61.0 Å². The van der Waals surface area contributed by atoms with Crippen molar-refractivity contribution in [2.24, 2.45) is 0 Å². The summed E-state index contributed by atoms with van der Waals surface area (Å²) in [5.74, 6) is 0. The molecule has 3 nitrogen and oxygen atoms in total. The molecule has 0 bridgehead atoms. The molecule has 274 valence electrons. The standard InChI is InChI=1S/C56H34N2O/c1-3-14-37(15-4-1)48-29-31-50-55(57-48)43-33-38(27-30-49(43)58(50)40-16-5-2-6-17-40)39-26-25-36-24-23-35-13-7-10-20-44(35)56(47(36)34-39)45-21-11-8-18-41(45)53-46(56)28-32-52-54(53)42-19-9-12-22-51(42)59-52/h1-34H. The Bertz CT molecular complexity index is 3550. The van der Waals surface area contributed by atoms with E-state index in [1.807, 2.05) is 0 Å². The summed E-state index contributed by atoms with van der Waals surface area (Å²) in [6, 6.07) is 70.4. The van der Waals surface area contributed by atoms with Gasteiger partial charge >= 0.3 is 0 Å². The smallest absolute Gasteiger partial charge is 0.136 e. The van der Waals surface area contributed by atoms with Crippen LogP contribution in [0.1, 0.15) is 33.4 Å². The fourth-order valence-corrected chi connectivity index (χ4v) is 10.4. The van der Waals surface area contributed by atoms with Crippen LogP contribution in [0.5, 0.6) is 0 Å². The third-order valence-corrected chi connectivity index (χ3v) is 12.8. The molecule has 0 amide bonds. The molecule has 8 aromatic carbocycles. The number of benzene rings is 8. The lowest BCUT2D eigenvalue weighted by Gasteiger charge is -2.35. The van der Waals surface area contributed by atoms with E-state index < -0.39 is 5.41 Å². The van der Waals surface area contributed by atoms with Crippen molar-refractivity contribution in [1.29, 1.82) is 0 Å². The van der Waals surface area contributed by atoms with Gasteiger partial charge in [0.2, 0.25) is 0 Å². The van der Waals surface area contributed by atoms with Crippen LogP contribution in [0.2, 0.25) is 0 Å². The minimum absolute atomic E-state index is 0.580. The minimum atomic E-state index is -0.580. The van der Waals surface area contributed by atoms with E-state index in [4.69, 9.17) is 9.40 Å². The molecule has 13 rings (SSSR count). The van der Waals surface area contributed by atoms with Crippen molar-refractivity contribution in [1.82, 2.24) is 9.55 Å². The Morgan fingerprint density at radius 1 is 0.441 bits per heavy atom. The second-order valence-corrected chi connectivity index (χ2v) is 15.8. The fraction of sp³-hybridized carbons (Fsp3) is 0.0179. The first-order chi connectivity index (χ1) is 29.3. The van der Waals surface area contributed by atoms with Gasteiger partial charge in [-0.2, -0.15) is 0 Å². The van der Waals surface area contributed by atoms with E-state index in [1.165, 1.54) is 55.5 Å². The predicted molar refractivity (Wildman–Crippen MR) is 243 cm³/mol. The van der Waals surface area contributed by atoms with Gasteiger partial charge in [0, 0.05) is 27.4 Å². The molecule has 0 fully saturated rings. The second-order valence-electron chi connectivity index (χ2n) is 15.8. The summed E-state index contributed by atoms with van der Waals surface area (Å²) >= 11 is 0. The highest BCUT2D eigenvalue weighted by Crippen LogP contribution is 2.61. The van der Waals surface area contributed by atoms with E-state index in [2.05, 4.69) is 211 Å². The van der Waals surface area contributed by atoms with Crippen LogP contribution in [-0.4, -0.2) is 9.55 Å². The summed E-state index contributed by atoms with van der Waals surface area (Å²) in [7, 11) is 0. The molecule has 0 N–H and O–H groups in total. The Kier molecular flexibility index (Phi) is 6.65. The number of nitrogens with zero attached hydrogens (tertiary/aromatic N) is 2. The van der Waals surface area contributed by atoms with Crippen molar-refractivity contribution in [3.05, 3.63) is 228 Å². The quantitative estimate of drug-likeness (QED) is 0.180. The fourth-order valence-electron chi connectivity index (χ4n) is 10.4. The van der Waals surface area contributed by atoms with Crippen LogP contribution < -0.4 is 0 Å². The average molecular weight is 751 g/mol. The van der Waals surface area contributed by atoms with Crippen LogP contribution in [0.4, 0.5) is 0 Å². The van der Waals surface area contributed by atoms with Gasteiger partial charge in [0.1, 0.15) is 11.2 Å². The molecule has 2 aliphatic rings. The lowest BCUT2D eigenvalue weighted by molar-refractivity contribution is 0.668. The number of para-hydroxylation sites is 2. The number of hydrogen-bond acceptors (Lipinski definition) is 2. The van der Waals surface area contributed by atoms with Crippen LogP contribution in [0.15, 0.2) is 199 Å². The Morgan fingerprint density at radius 2 is 1.14 bits per heavy atom. The second kappa shape index (κ2) is 12.1. The lowest BCUT2D eigenvalue weighted by atomic mass is 9.65. The van der Waals surface area contributed by atoms with Gasteiger partial charge in [0.15, 0.2) is 0 Å². The molecular weight excluding hydrogens is 717 g/mol. The van der Waals surface area contributed by atoms with E-state index in [1.54, 1.807) is 0 Å². The lowest BCUT2D eigenvalue weighted by Crippen LogP contribution is -2.30. The predicted octanol–water partition coefficient (Wildman–Crippen LogP) is 14.3. The van der Waals surface area contributed by atoms with Gasteiger partial charge in [0.05, 0.1) is 27.7 Å². The van der Waals surface area contributed by atoms with Crippen LogP contribution in [-0.2, 0) is 5.41 Å². The van der Waals surface area contributed by atoms with E-state index in [-0.39, 0.29) is 0 Å². The third-order valence-electron chi connectivity index (χ3n) is 12.8. The first-order valence-electron chi connectivity index (χ1n) is 20.3. The van der Waals surface area contributed by atoms with Crippen molar-refractivity contribution in [3.8, 4) is 39.2 Å². The van der Waals surface area contributed by atoms with Crippen molar-refractivity contribution < 1.29 is 4.42 Å². The van der Waals surface area contributed by atoms with Crippen molar-refractivity contribution in [2.75, 3.05) is 0 Å². The summed E-state index contributed by atoms with van der Waals surface area (Å²) in [6.45, 7) is 0. The Balaban J connectivity index is 1.09. The van der Waals surface area contributed by atoms with E-state index in [0.29, 0.717) is 0 Å². The summed E-state index contributed by atoms with van der Waals surface area (Å²) in [6.07, 6.45) is 4.61. The topological polar surface area (TPSA) is 31.0 Å². The average Bonchev–Trinajstić information content (AvgIpc) is 3.91. The number of hydrogen-bond donors (Lipinski definition) is 0. The molecule has 0 saturated carbocycles. The molecule has 1 atom stereocenters. The van der Waals surface area contributed by atoms with Crippen LogP contribution in [0.25, 0.3) is 95.2 Å². The molecule has 3 heteroatoms. The van der Waals surface area contributed by atoms with E-state index in [9.17, 15) is 0 Å². The van der Waals surface area contributed by atoms with Crippen LogP contribution in [0.3, 0.4) is 0 Å². The highest BCUT2D eigenvalue weighted by Gasteiger charge is 2.49. The zero-order valence-electron chi connectivity index (χ0n) is 31.9. The molecule has 1 spiro atoms. The maximum absolute atomic E-state index is 6.52. The summed E-state index contributed by atoms with van der Waals surface area (Å²) in [5.41, 5.74) is 20.0. The van der Waals surface area contributed by atoms with Gasteiger partial charge in [-0.3, -0.25) is 0 Å². The zero-order chi connectivity index (χ0) is 38.7. The number of rotatable bonds is 3. The normalized spacial score (nSPS) is 15.1. The Morgan fingerprint density at radius 3 is 2.02 bits per heavy atom. The van der Waals surface area contributed by atoms with Crippen LogP contribution in [0, 0.1) is 0 Å². The molecule has 59 heavy (non-hydrogen) atoms. The van der Waals surface area contributed by atoms with Gasteiger partial charge in [-0.15, -0.1) is 0 Å². The van der Waals surface area contributed by atoms with Crippen LogP contribution >= 0.6 is 0 Å². The minimum Gasteiger partial charge on any atom is -0.456 e. The first-order valence-corrected chi connectivity index (χ1v) is 20.3. The van der Waals surface area contributed by atoms with Crippen molar-refractivity contribution >= 4 is 56.0 Å². The first kappa shape index (κ1) is 32.3.